The molecule has 0 saturated carbocycles. The maximum absolute atomic E-state index is 12.2. The fourth-order valence-corrected chi connectivity index (χ4v) is 2.50. The molecule has 24 heavy (non-hydrogen) atoms. The predicted octanol–water partition coefficient (Wildman–Crippen LogP) is 3.82. The van der Waals surface area contributed by atoms with Crippen molar-refractivity contribution in [1.29, 1.82) is 0 Å². The minimum atomic E-state index is -0.106. The van der Waals surface area contributed by atoms with Crippen molar-refractivity contribution in [2.24, 2.45) is 0 Å². The molecular formula is C20H25NO3. The van der Waals surface area contributed by atoms with E-state index in [1.54, 1.807) is 6.07 Å². The Kier molecular flexibility index (Phi) is 6.24. The van der Waals surface area contributed by atoms with Gasteiger partial charge in [-0.1, -0.05) is 17.7 Å². The number of carbonyl (C=O) groups excluding carboxylic acids is 1. The lowest BCUT2D eigenvalue weighted by Crippen LogP contribution is -2.28. The van der Waals surface area contributed by atoms with Crippen molar-refractivity contribution in [3.05, 3.63) is 58.7 Å². The summed E-state index contributed by atoms with van der Waals surface area (Å²) in [4.78, 5) is 12.2. The normalized spacial score (nSPS) is 10.3. The van der Waals surface area contributed by atoms with E-state index in [1.165, 1.54) is 5.56 Å². The summed E-state index contributed by atoms with van der Waals surface area (Å²) in [5.74, 6) is 1.56. The molecule has 0 unspecified atom stereocenters. The Balaban J connectivity index is 1.84. The van der Waals surface area contributed by atoms with Crippen LogP contribution >= 0.6 is 0 Å². The maximum atomic E-state index is 12.2. The molecule has 0 aliphatic heterocycles. The van der Waals surface area contributed by atoms with Gasteiger partial charge in [-0.2, -0.15) is 0 Å². The van der Waals surface area contributed by atoms with E-state index in [0.29, 0.717) is 25.3 Å². The number of carbonyl (C=O) groups is 1. The van der Waals surface area contributed by atoms with E-state index in [-0.39, 0.29) is 5.91 Å². The molecule has 4 heteroatoms. The molecule has 0 heterocycles. The molecule has 0 bridgehead atoms. The van der Waals surface area contributed by atoms with Crippen molar-refractivity contribution in [1.82, 2.24) is 5.32 Å². The summed E-state index contributed by atoms with van der Waals surface area (Å²) in [7, 11) is 0. The molecule has 1 N–H and O–H groups in total. The molecule has 0 fully saturated rings. The number of hydrogen-bond donors (Lipinski definition) is 1. The number of nitrogens with one attached hydrogen (secondary N) is 1. The summed E-state index contributed by atoms with van der Waals surface area (Å²) in [6, 6.07) is 11.5. The third kappa shape index (κ3) is 4.75. The third-order valence-corrected chi connectivity index (χ3v) is 3.71. The zero-order chi connectivity index (χ0) is 17.5. The van der Waals surface area contributed by atoms with E-state index in [2.05, 4.69) is 18.3 Å². The molecule has 0 aliphatic carbocycles. The monoisotopic (exact) mass is 327 g/mol. The Morgan fingerprint density at radius 1 is 0.958 bits per heavy atom. The van der Waals surface area contributed by atoms with Crippen LogP contribution in [0.1, 0.15) is 34.0 Å². The van der Waals surface area contributed by atoms with Crippen molar-refractivity contribution in [3.8, 4) is 11.5 Å². The first-order valence-electron chi connectivity index (χ1n) is 8.23. The molecule has 128 valence electrons. The van der Waals surface area contributed by atoms with Crippen LogP contribution in [-0.4, -0.2) is 25.7 Å². The summed E-state index contributed by atoms with van der Waals surface area (Å²) >= 11 is 0. The van der Waals surface area contributed by atoms with Crippen molar-refractivity contribution in [3.63, 3.8) is 0 Å². The lowest BCUT2D eigenvalue weighted by atomic mass is 10.1. The standard InChI is InChI=1S/C20H25NO3/c1-5-23-18-9-7-17(13-16(18)4)20(22)21-10-11-24-19-8-6-14(2)12-15(19)3/h6-9,12-13H,5,10-11H2,1-4H3,(H,21,22). The molecule has 4 nitrogen and oxygen atoms in total. The number of aryl methyl sites for hydroxylation is 3. The molecule has 2 rings (SSSR count). The second-order valence-electron chi connectivity index (χ2n) is 5.79. The van der Waals surface area contributed by atoms with Crippen LogP contribution in [0.3, 0.4) is 0 Å². The third-order valence-electron chi connectivity index (χ3n) is 3.71. The van der Waals surface area contributed by atoms with Gasteiger partial charge in [-0.15, -0.1) is 0 Å². The summed E-state index contributed by atoms with van der Waals surface area (Å²) in [6.45, 7) is 9.45. The zero-order valence-corrected chi connectivity index (χ0v) is 14.8. The highest BCUT2D eigenvalue weighted by Crippen LogP contribution is 2.19. The van der Waals surface area contributed by atoms with Gasteiger partial charge in [0.1, 0.15) is 18.1 Å². The summed E-state index contributed by atoms with van der Waals surface area (Å²) in [6.07, 6.45) is 0. The molecule has 2 aromatic rings. The van der Waals surface area contributed by atoms with Crippen LogP contribution in [0.4, 0.5) is 0 Å². The van der Waals surface area contributed by atoms with Gasteiger partial charge in [-0.05, 0) is 63.1 Å². The molecule has 0 atom stereocenters. The topological polar surface area (TPSA) is 47.6 Å². The Morgan fingerprint density at radius 2 is 1.62 bits per heavy atom. The first-order chi connectivity index (χ1) is 11.5. The van der Waals surface area contributed by atoms with Crippen LogP contribution in [0.2, 0.25) is 0 Å². The van der Waals surface area contributed by atoms with Gasteiger partial charge in [0, 0.05) is 5.56 Å². The molecule has 2 aromatic carbocycles. The molecule has 0 radical (unpaired) electrons. The molecular weight excluding hydrogens is 302 g/mol. The van der Waals surface area contributed by atoms with E-state index in [1.807, 2.05) is 45.0 Å². The summed E-state index contributed by atoms with van der Waals surface area (Å²) in [5, 5.41) is 2.87. The SMILES string of the molecule is CCOc1ccc(C(=O)NCCOc2ccc(C)cc2C)cc1C. The van der Waals surface area contributed by atoms with E-state index in [9.17, 15) is 4.79 Å². The summed E-state index contributed by atoms with van der Waals surface area (Å²) in [5.41, 5.74) is 3.89. The van der Waals surface area contributed by atoms with Crippen LogP contribution < -0.4 is 14.8 Å². The van der Waals surface area contributed by atoms with Crippen LogP contribution in [0.15, 0.2) is 36.4 Å². The second kappa shape index (κ2) is 8.39. The summed E-state index contributed by atoms with van der Waals surface area (Å²) < 4.78 is 11.2. The van der Waals surface area contributed by atoms with Crippen LogP contribution in [0.5, 0.6) is 11.5 Å². The lowest BCUT2D eigenvalue weighted by molar-refractivity contribution is 0.0947. The lowest BCUT2D eigenvalue weighted by Gasteiger charge is -2.11. The van der Waals surface area contributed by atoms with Gasteiger partial charge >= 0.3 is 0 Å². The first-order valence-corrected chi connectivity index (χ1v) is 8.23. The Morgan fingerprint density at radius 3 is 2.29 bits per heavy atom. The van der Waals surface area contributed by atoms with Gasteiger partial charge in [0.05, 0.1) is 13.2 Å². The Bertz CT molecular complexity index is 710. The van der Waals surface area contributed by atoms with Crippen LogP contribution in [0, 0.1) is 20.8 Å². The number of rotatable bonds is 7. The molecule has 0 saturated heterocycles. The van der Waals surface area contributed by atoms with Crippen molar-refractivity contribution in [2.75, 3.05) is 19.8 Å². The largest absolute Gasteiger partial charge is 0.494 e. The minimum Gasteiger partial charge on any atom is -0.494 e. The van der Waals surface area contributed by atoms with Gasteiger partial charge in [0.2, 0.25) is 0 Å². The maximum Gasteiger partial charge on any atom is 0.251 e. The first kappa shape index (κ1) is 17.9. The molecule has 0 aromatic heterocycles. The smallest absolute Gasteiger partial charge is 0.251 e. The number of amides is 1. The van der Waals surface area contributed by atoms with Gasteiger partial charge in [-0.3, -0.25) is 4.79 Å². The van der Waals surface area contributed by atoms with Gasteiger partial charge in [0.15, 0.2) is 0 Å². The van der Waals surface area contributed by atoms with E-state index < -0.39 is 0 Å². The van der Waals surface area contributed by atoms with Crippen LogP contribution in [0.25, 0.3) is 0 Å². The molecule has 0 spiro atoms. The number of ether oxygens (including phenoxy) is 2. The zero-order valence-electron chi connectivity index (χ0n) is 14.8. The molecule has 1 amide bonds. The highest BCUT2D eigenvalue weighted by molar-refractivity contribution is 5.94. The fourth-order valence-electron chi connectivity index (χ4n) is 2.50. The van der Waals surface area contributed by atoms with Crippen molar-refractivity contribution < 1.29 is 14.3 Å². The predicted molar refractivity (Wildman–Crippen MR) is 96.1 cm³/mol. The average molecular weight is 327 g/mol. The van der Waals surface area contributed by atoms with Gasteiger partial charge in [-0.25, -0.2) is 0 Å². The van der Waals surface area contributed by atoms with E-state index in [0.717, 1.165) is 22.6 Å². The fraction of sp³-hybridized carbons (Fsp3) is 0.350. The number of hydrogen-bond acceptors (Lipinski definition) is 3. The van der Waals surface area contributed by atoms with E-state index in [4.69, 9.17) is 9.47 Å². The minimum absolute atomic E-state index is 0.106. The number of benzene rings is 2. The second-order valence-corrected chi connectivity index (χ2v) is 5.79. The quantitative estimate of drug-likeness (QED) is 0.787. The van der Waals surface area contributed by atoms with Crippen molar-refractivity contribution >= 4 is 5.91 Å². The average Bonchev–Trinajstić information content (AvgIpc) is 2.55. The van der Waals surface area contributed by atoms with Crippen LogP contribution in [-0.2, 0) is 0 Å². The van der Waals surface area contributed by atoms with Gasteiger partial charge in [0.25, 0.3) is 5.91 Å². The Hall–Kier alpha value is -2.49. The Labute approximate surface area is 143 Å². The highest BCUT2D eigenvalue weighted by Gasteiger charge is 2.08. The highest BCUT2D eigenvalue weighted by atomic mass is 16.5. The molecule has 0 aliphatic rings. The van der Waals surface area contributed by atoms with Crippen molar-refractivity contribution in [2.45, 2.75) is 27.7 Å². The van der Waals surface area contributed by atoms with Gasteiger partial charge < -0.3 is 14.8 Å². The van der Waals surface area contributed by atoms with E-state index >= 15 is 0 Å².